The van der Waals surface area contributed by atoms with Crippen LogP contribution in [0.15, 0.2) is 0 Å². The summed E-state index contributed by atoms with van der Waals surface area (Å²) in [6.07, 6.45) is 3.24. The zero-order valence-corrected chi connectivity index (χ0v) is 10.3. The number of thioether (sulfide) groups is 1. The van der Waals surface area contributed by atoms with Crippen molar-refractivity contribution in [3.05, 3.63) is 0 Å². The van der Waals surface area contributed by atoms with Crippen molar-refractivity contribution in [1.82, 2.24) is 5.32 Å². The van der Waals surface area contributed by atoms with Crippen molar-refractivity contribution < 1.29 is 4.74 Å². The number of nitrogens with one attached hydrogen (secondary N) is 1. The van der Waals surface area contributed by atoms with E-state index in [4.69, 9.17) is 4.74 Å². The van der Waals surface area contributed by atoms with E-state index in [1.165, 1.54) is 0 Å². The highest BCUT2D eigenvalue weighted by molar-refractivity contribution is 7.99. The SMILES string of the molecule is COCCC(C)NCC(C)(C)SC. The van der Waals surface area contributed by atoms with Crippen molar-refractivity contribution in [3.63, 3.8) is 0 Å². The van der Waals surface area contributed by atoms with Gasteiger partial charge in [-0.05, 0) is 33.4 Å². The van der Waals surface area contributed by atoms with E-state index >= 15 is 0 Å². The molecule has 0 aliphatic heterocycles. The summed E-state index contributed by atoms with van der Waals surface area (Å²) >= 11 is 1.90. The summed E-state index contributed by atoms with van der Waals surface area (Å²) < 4.78 is 5.36. The molecule has 0 aromatic carbocycles. The summed E-state index contributed by atoms with van der Waals surface area (Å²) in [4.78, 5) is 0. The van der Waals surface area contributed by atoms with E-state index in [0.29, 0.717) is 10.8 Å². The van der Waals surface area contributed by atoms with Gasteiger partial charge < -0.3 is 10.1 Å². The Hall–Kier alpha value is 0.270. The van der Waals surface area contributed by atoms with E-state index in [-0.39, 0.29) is 0 Å². The van der Waals surface area contributed by atoms with Gasteiger partial charge in [-0.1, -0.05) is 0 Å². The Bertz CT molecular complexity index is 128. The minimum atomic E-state index is 0.335. The Balaban J connectivity index is 3.51. The average molecular weight is 205 g/mol. The van der Waals surface area contributed by atoms with E-state index in [9.17, 15) is 0 Å². The lowest BCUT2D eigenvalue weighted by atomic mass is 10.2. The monoisotopic (exact) mass is 205 g/mol. The van der Waals surface area contributed by atoms with E-state index in [0.717, 1.165) is 19.6 Å². The molecule has 1 N–H and O–H groups in total. The van der Waals surface area contributed by atoms with E-state index in [1.54, 1.807) is 7.11 Å². The van der Waals surface area contributed by atoms with Crippen LogP contribution in [-0.4, -0.2) is 37.3 Å². The van der Waals surface area contributed by atoms with Gasteiger partial charge in [-0.25, -0.2) is 0 Å². The lowest BCUT2D eigenvalue weighted by Crippen LogP contribution is -2.37. The molecule has 0 aromatic rings. The summed E-state index contributed by atoms with van der Waals surface area (Å²) in [7, 11) is 1.75. The molecule has 0 heterocycles. The second-order valence-corrected chi connectivity index (χ2v) is 5.54. The topological polar surface area (TPSA) is 21.3 Å². The second-order valence-electron chi connectivity index (χ2n) is 4.03. The normalized spacial score (nSPS) is 14.5. The second kappa shape index (κ2) is 6.68. The third kappa shape index (κ3) is 7.35. The van der Waals surface area contributed by atoms with Gasteiger partial charge in [-0.2, -0.15) is 11.8 Å². The molecule has 0 amide bonds. The highest BCUT2D eigenvalue weighted by Crippen LogP contribution is 2.19. The van der Waals surface area contributed by atoms with Gasteiger partial charge in [0.05, 0.1) is 0 Å². The van der Waals surface area contributed by atoms with Crippen LogP contribution in [0.1, 0.15) is 27.2 Å². The first-order valence-corrected chi connectivity index (χ1v) is 6.02. The van der Waals surface area contributed by atoms with Gasteiger partial charge in [0, 0.05) is 31.1 Å². The lowest BCUT2D eigenvalue weighted by molar-refractivity contribution is 0.184. The standard InChI is InChI=1S/C10H23NOS/c1-9(6-7-12-4)11-8-10(2,3)13-5/h9,11H,6-8H2,1-5H3. The van der Waals surface area contributed by atoms with Crippen LogP contribution < -0.4 is 5.32 Å². The number of ether oxygens (including phenoxy) is 1. The third-order valence-electron chi connectivity index (χ3n) is 2.18. The molecule has 1 atom stereocenters. The summed E-state index contributed by atoms with van der Waals surface area (Å²) in [5.74, 6) is 0. The van der Waals surface area contributed by atoms with Gasteiger partial charge >= 0.3 is 0 Å². The summed E-state index contributed by atoms with van der Waals surface area (Å²) in [6, 6.07) is 0.548. The van der Waals surface area contributed by atoms with Crippen molar-refractivity contribution in [3.8, 4) is 0 Å². The minimum Gasteiger partial charge on any atom is -0.385 e. The molecule has 3 heteroatoms. The van der Waals surface area contributed by atoms with Crippen LogP contribution in [0.3, 0.4) is 0 Å². The maximum atomic E-state index is 5.03. The van der Waals surface area contributed by atoms with Crippen molar-refractivity contribution in [2.75, 3.05) is 26.5 Å². The van der Waals surface area contributed by atoms with Gasteiger partial charge in [-0.3, -0.25) is 0 Å². The number of hydrogen-bond acceptors (Lipinski definition) is 3. The number of rotatable bonds is 7. The molecule has 0 fully saturated rings. The van der Waals surface area contributed by atoms with Crippen molar-refractivity contribution in [1.29, 1.82) is 0 Å². The molecule has 1 unspecified atom stereocenters. The first-order chi connectivity index (χ1) is 6.02. The minimum absolute atomic E-state index is 0.335. The fourth-order valence-electron chi connectivity index (χ4n) is 0.889. The predicted octanol–water partition coefficient (Wildman–Crippen LogP) is 2.14. The molecular weight excluding hydrogens is 182 g/mol. The molecule has 13 heavy (non-hydrogen) atoms. The predicted molar refractivity (Wildman–Crippen MR) is 61.6 cm³/mol. The van der Waals surface area contributed by atoms with Crippen LogP contribution in [0, 0.1) is 0 Å². The van der Waals surface area contributed by atoms with Gasteiger partial charge in [0.15, 0.2) is 0 Å². The van der Waals surface area contributed by atoms with Crippen molar-refractivity contribution in [2.24, 2.45) is 0 Å². The zero-order valence-electron chi connectivity index (χ0n) is 9.52. The Morgan fingerprint density at radius 3 is 2.54 bits per heavy atom. The molecule has 0 rings (SSSR count). The molecule has 0 bridgehead atoms. The maximum absolute atomic E-state index is 5.03. The first-order valence-electron chi connectivity index (χ1n) is 4.79. The number of hydrogen-bond donors (Lipinski definition) is 1. The summed E-state index contributed by atoms with van der Waals surface area (Å²) in [5, 5.41) is 3.51. The van der Waals surface area contributed by atoms with E-state index < -0.39 is 0 Å². The fourth-order valence-corrected chi connectivity index (χ4v) is 1.12. The Morgan fingerprint density at radius 2 is 2.08 bits per heavy atom. The Kier molecular flexibility index (Phi) is 6.82. The fraction of sp³-hybridized carbons (Fsp3) is 1.00. The molecule has 0 aromatic heterocycles. The molecule has 0 saturated heterocycles. The Labute approximate surface area is 86.8 Å². The number of methoxy groups -OCH3 is 1. The van der Waals surface area contributed by atoms with Crippen LogP contribution in [0.4, 0.5) is 0 Å². The van der Waals surface area contributed by atoms with Crippen LogP contribution in [0.25, 0.3) is 0 Å². The quantitative estimate of drug-likeness (QED) is 0.688. The van der Waals surface area contributed by atoms with Crippen LogP contribution in [-0.2, 0) is 4.74 Å². The summed E-state index contributed by atoms with van der Waals surface area (Å²) in [6.45, 7) is 8.61. The van der Waals surface area contributed by atoms with Crippen LogP contribution in [0.2, 0.25) is 0 Å². The van der Waals surface area contributed by atoms with Gasteiger partial charge in [0.25, 0.3) is 0 Å². The summed E-state index contributed by atoms with van der Waals surface area (Å²) in [5.41, 5.74) is 0. The molecule has 0 spiro atoms. The molecule has 0 radical (unpaired) electrons. The highest BCUT2D eigenvalue weighted by atomic mass is 32.2. The smallest absolute Gasteiger partial charge is 0.0476 e. The molecule has 80 valence electrons. The first kappa shape index (κ1) is 13.3. The van der Waals surface area contributed by atoms with Crippen molar-refractivity contribution in [2.45, 2.75) is 38.0 Å². The van der Waals surface area contributed by atoms with Gasteiger partial charge in [0.1, 0.15) is 0 Å². The molecule has 0 aliphatic carbocycles. The molecular formula is C10H23NOS. The molecule has 2 nitrogen and oxygen atoms in total. The average Bonchev–Trinajstić information content (AvgIpc) is 2.11. The van der Waals surface area contributed by atoms with Gasteiger partial charge in [0.2, 0.25) is 0 Å². The largest absolute Gasteiger partial charge is 0.385 e. The van der Waals surface area contributed by atoms with Crippen molar-refractivity contribution >= 4 is 11.8 Å². The molecule has 0 aliphatic rings. The zero-order chi connectivity index (χ0) is 10.3. The van der Waals surface area contributed by atoms with Crippen LogP contribution >= 0.6 is 11.8 Å². The van der Waals surface area contributed by atoms with Gasteiger partial charge in [-0.15, -0.1) is 0 Å². The highest BCUT2D eigenvalue weighted by Gasteiger charge is 2.16. The molecule has 0 saturated carbocycles. The third-order valence-corrected chi connectivity index (χ3v) is 3.43. The lowest BCUT2D eigenvalue weighted by Gasteiger charge is -2.25. The van der Waals surface area contributed by atoms with Crippen LogP contribution in [0.5, 0.6) is 0 Å². The van der Waals surface area contributed by atoms with E-state index in [2.05, 4.69) is 32.3 Å². The Morgan fingerprint density at radius 1 is 1.46 bits per heavy atom. The maximum Gasteiger partial charge on any atom is 0.0476 e. The van der Waals surface area contributed by atoms with E-state index in [1.807, 2.05) is 11.8 Å².